The highest BCUT2D eigenvalue weighted by atomic mass is 35.5. The zero-order valence-corrected chi connectivity index (χ0v) is 67.8. The van der Waals surface area contributed by atoms with Gasteiger partial charge in [0.05, 0.1) is 49.0 Å². The summed E-state index contributed by atoms with van der Waals surface area (Å²) in [6, 6.07) is 17.0. The number of aldehydes is 1. The number of halogens is 2. The van der Waals surface area contributed by atoms with Crippen molar-refractivity contribution in [3.8, 4) is 80.5 Å². The van der Waals surface area contributed by atoms with E-state index in [2.05, 4.69) is 59.8 Å². The Morgan fingerprint density at radius 1 is 0.306 bits per heavy atom. The van der Waals surface area contributed by atoms with Crippen molar-refractivity contribution in [2.45, 2.75) is 182 Å². The summed E-state index contributed by atoms with van der Waals surface area (Å²) in [4.78, 5) is 77.4. The standard InChI is InChI=1S/C19H26O3.C18H23ClO3.C18H24O3.C9H10O3.C8H7ClO3.2C8H8O3/c1-12(2)7-6-8-13(3)9-10-16-17(21)11-14(4)18(15(5)20)19(16)22;1-11(2)6-5-7-12(3)8-9-14-17(21)15(13(4)20)10-16(19)18(14)22;1-12(2)6-5-7-13(3)8-9-16-17(20)11-10-15(14(4)19)18(16)21;1-5-3-7(11)4-8(12)9(5)6(2)10;1-4(10)5-2-6(9)8(12)3-7(5)11;1-5-2-6(10)3-8(11)7(5)4-9;1-5(9)7-3-2-6(10)4-8(7)11/h7,9,11,21-22H,6,8,10H2,1-5H3;6,8,10,21-22H,5,7,9H2,1-4H3;6,8,10-11,20-21H,5,7,9H2,1-4H3;3-4,11-12H,1-2H3;2-3,11-12H,1H3;2*2-4,10-11H,1H3/b13-9+;12-8+;13-8+;;;;. The van der Waals surface area contributed by atoms with Crippen LogP contribution in [0.15, 0.2) is 149 Å². The number of allylic oxidation sites excluding steroid dienone is 12. The lowest BCUT2D eigenvalue weighted by Gasteiger charge is -2.12. The summed E-state index contributed by atoms with van der Waals surface area (Å²) in [5.74, 6) is -3.08. The molecule has 0 saturated carbocycles. The van der Waals surface area contributed by atoms with E-state index in [0.29, 0.717) is 64.5 Å². The average Bonchev–Trinajstić information content (AvgIpc) is 0.822. The fourth-order valence-corrected chi connectivity index (χ4v) is 10.8. The molecule has 0 saturated heterocycles. The second-order valence-electron chi connectivity index (χ2n) is 27.0. The maximum absolute atomic E-state index is 11.6. The van der Waals surface area contributed by atoms with Crippen LogP contribution in [0.5, 0.6) is 80.5 Å². The number of phenols is 14. The Balaban J connectivity index is 0.000000661. The van der Waals surface area contributed by atoms with Crippen molar-refractivity contribution in [3.63, 3.8) is 0 Å². The first-order chi connectivity index (χ1) is 51.6. The van der Waals surface area contributed by atoms with E-state index >= 15 is 0 Å². The molecular formula is C88H106Cl2O21. The number of Topliss-reactive ketones (excluding diaryl/α,β-unsaturated/α-hetero) is 6. The van der Waals surface area contributed by atoms with E-state index in [1.54, 1.807) is 20.8 Å². The summed E-state index contributed by atoms with van der Waals surface area (Å²) in [7, 11) is 0. The van der Waals surface area contributed by atoms with Crippen LogP contribution in [-0.4, -0.2) is 112 Å². The highest BCUT2D eigenvalue weighted by Gasteiger charge is 2.21. The van der Waals surface area contributed by atoms with Gasteiger partial charge in [-0.2, -0.15) is 0 Å². The molecule has 0 fully saturated rings. The second-order valence-corrected chi connectivity index (χ2v) is 27.8. The van der Waals surface area contributed by atoms with Gasteiger partial charge in [0.25, 0.3) is 0 Å². The van der Waals surface area contributed by atoms with Crippen molar-refractivity contribution >= 4 is 64.2 Å². The van der Waals surface area contributed by atoms with E-state index in [1.807, 2.05) is 39.0 Å². The third kappa shape index (κ3) is 33.5. The normalized spacial score (nSPS) is 10.7. The number of rotatable bonds is 22. The molecule has 0 amide bonds. The smallest absolute Gasteiger partial charge is 0.163 e. The van der Waals surface area contributed by atoms with Crippen LogP contribution >= 0.6 is 23.2 Å². The van der Waals surface area contributed by atoms with Crippen molar-refractivity contribution in [3.05, 3.63) is 231 Å². The number of aromatic hydroxyl groups is 14. The van der Waals surface area contributed by atoms with E-state index in [4.69, 9.17) is 58.9 Å². The first kappa shape index (κ1) is 97.5. The number of aryl methyl sites for hydroxylation is 3. The Morgan fingerprint density at radius 3 is 1.09 bits per heavy atom. The van der Waals surface area contributed by atoms with Gasteiger partial charge < -0.3 is 71.5 Å². The van der Waals surface area contributed by atoms with Crippen LogP contribution in [0.4, 0.5) is 0 Å². The largest absolute Gasteiger partial charge is 0.508 e. The van der Waals surface area contributed by atoms with Gasteiger partial charge in [-0.25, -0.2) is 0 Å². The molecule has 0 aromatic heterocycles. The number of benzene rings is 7. The molecule has 0 aliphatic heterocycles. The lowest BCUT2D eigenvalue weighted by atomic mass is 9.96. The summed E-state index contributed by atoms with van der Waals surface area (Å²) in [5, 5.41) is 133. The third-order valence-electron chi connectivity index (χ3n) is 16.4. The molecule has 23 heteroatoms. The number of carbonyl (C=O) groups excluding carboxylic acids is 7. The minimum atomic E-state index is -0.297. The second kappa shape index (κ2) is 47.4. The number of hydrogen-bond donors (Lipinski definition) is 14. The van der Waals surface area contributed by atoms with Crippen molar-refractivity contribution in [1.29, 1.82) is 0 Å². The Kier molecular flexibility index (Phi) is 41.6. The number of ketones is 6. The van der Waals surface area contributed by atoms with Crippen LogP contribution in [0.25, 0.3) is 0 Å². The molecule has 0 radical (unpaired) electrons. The van der Waals surface area contributed by atoms with E-state index in [9.17, 15) is 69.3 Å². The topological polar surface area (TPSA) is 403 Å². The van der Waals surface area contributed by atoms with Crippen molar-refractivity contribution < 1.29 is 105 Å². The molecule has 7 aromatic carbocycles. The van der Waals surface area contributed by atoms with E-state index in [1.165, 1.54) is 124 Å². The quantitative estimate of drug-likeness (QED) is 0.0170. The van der Waals surface area contributed by atoms with Gasteiger partial charge in [0.15, 0.2) is 41.0 Å². The van der Waals surface area contributed by atoms with Crippen LogP contribution in [0.3, 0.4) is 0 Å². The van der Waals surface area contributed by atoms with Crippen molar-refractivity contribution in [1.82, 2.24) is 0 Å². The predicted molar refractivity (Wildman–Crippen MR) is 436 cm³/mol. The van der Waals surface area contributed by atoms with Gasteiger partial charge in [-0.15, -0.1) is 0 Å². The Labute approximate surface area is 659 Å². The molecule has 21 nitrogen and oxygen atoms in total. The van der Waals surface area contributed by atoms with Crippen LogP contribution in [0.2, 0.25) is 10.0 Å². The molecule has 598 valence electrons. The predicted octanol–water partition coefficient (Wildman–Crippen LogP) is 20.7. The molecular weight excluding hydrogens is 1460 g/mol. The third-order valence-corrected chi connectivity index (χ3v) is 17.0. The van der Waals surface area contributed by atoms with Gasteiger partial charge >= 0.3 is 0 Å². The Bertz CT molecular complexity index is 4640. The molecule has 0 heterocycles. The number of hydrogen-bond acceptors (Lipinski definition) is 21. The van der Waals surface area contributed by atoms with Crippen molar-refractivity contribution in [2.24, 2.45) is 0 Å². The molecule has 0 bridgehead atoms. The molecule has 111 heavy (non-hydrogen) atoms. The van der Waals surface area contributed by atoms with Gasteiger partial charge in [-0.1, -0.05) is 93.1 Å². The Morgan fingerprint density at radius 2 is 0.685 bits per heavy atom. The van der Waals surface area contributed by atoms with Crippen LogP contribution in [0, 0.1) is 20.8 Å². The molecule has 7 rings (SSSR count). The lowest BCUT2D eigenvalue weighted by molar-refractivity contribution is 0.100. The zero-order valence-electron chi connectivity index (χ0n) is 66.3. The van der Waals surface area contributed by atoms with E-state index < -0.39 is 0 Å². The van der Waals surface area contributed by atoms with Gasteiger partial charge in [0.1, 0.15) is 80.5 Å². The summed E-state index contributed by atoms with van der Waals surface area (Å²) in [6.45, 7) is 31.7. The minimum absolute atomic E-state index is 0.0193. The summed E-state index contributed by atoms with van der Waals surface area (Å²) in [6.07, 6.45) is 19.9. The first-order valence-electron chi connectivity index (χ1n) is 35.1. The van der Waals surface area contributed by atoms with Gasteiger partial charge in [0, 0.05) is 41.0 Å². The first-order valence-corrected chi connectivity index (χ1v) is 35.8. The summed E-state index contributed by atoms with van der Waals surface area (Å²) in [5.41, 5.74) is 11.8. The fourth-order valence-electron chi connectivity index (χ4n) is 10.4. The summed E-state index contributed by atoms with van der Waals surface area (Å²) >= 11 is 11.4. The van der Waals surface area contributed by atoms with Crippen LogP contribution < -0.4 is 0 Å². The lowest BCUT2D eigenvalue weighted by Crippen LogP contribution is -2.00. The molecule has 14 N–H and O–H groups in total. The molecule has 0 unspecified atom stereocenters. The maximum Gasteiger partial charge on any atom is 0.163 e. The van der Waals surface area contributed by atoms with Gasteiger partial charge in [-0.3, -0.25) is 33.6 Å². The van der Waals surface area contributed by atoms with Gasteiger partial charge in [0.2, 0.25) is 0 Å². The van der Waals surface area contributed by atoms with Gasteiger partial charge in [-0.05, 0) is 254 Å². The Hall–Kier alpha value is -11.6. The average molecular weight is 1570 g/mol. The van der Waals surface area contributed by atoms with Crippen LogP contribution in [0.1, 0.15) is 248 Å². The molecule has 0 aliphatic carbocycles. The molecule has 0 spiro atoms. The van der Waals surface area contributed by atoms with Crippen LogP contribution in [-0.2, 0) is 19.3 Å². The molecule has 0 atom stereocenters. The number of phenolic OH excluding ortho intramolecular Hbond substituents is 14. The maximum atomic E-state index is 11.6. The highest BCUT2D eigenvalue weighted by Crippen LogP contribution is 2.40. The molecule has 0 aliphatic rings. The van der Waals surface area contributed by atoms with Crippen molar-refractivity contribution in [2.75, 3.05) is 0 Å². The SMILES string of the molecule is CC(=O)c1c(C)cc(O)c(C/C=C(\C)CCC=C(C)C)c1O.CC(=O)c1c(C)cc(O)cc1O.CC(=O)c1cc(Cl)c(O)c(C/C=C(\C)CCC=C(C)C)c1O.CC(=O)c1cc(Cl)c(O)cc1O.CC(=O)c1ccc(O)c(C/C=C(\C)CCC=C(C)C)c1O.CC(=O)c1ccc(O)cc1O.Cc1cc(O)cc(O)c1C=O. The van der Waals surface area contributed by atoms with E-state index in [0.717, 1.165) is 68.4 Å². The number of carbonyl (C=O) groups is 7. The fraction of sp³-hybridized carbons (Fsp3) is 0.307. The monoisotopic (exact) mass is 1570 g/mol. The molecule has 7 aromatic rings. The zero-order chi connectivity index (χ0) is 85.2. The highest BCUT2D eigenvalue weighted by molar-refractivity contribution is 6.33. The minimum Gasteiger partial charge on any atom is -0.508 e. The van der Waals surface area contributed by atoms with E-state index in [-0.39, 0.29) is 159 Å². The summed E-state index contributed by atoms with van der Waals surface area (Å²) < 4.78 is 0.